The lowest BCUT2D eigenvalue weighted by Gasteiger charge is -2.13. The number of carbonyl (C=O) groups excluding carboxylic acids is 2. The molecule has 2 amide bonds. The molecule has 0 spiro atoms. The molecule has 0 radical (unpaired) electrons. The average Bonchev–Trinajstić information content (AvgIpc) is 3.19. The third-order valence-corrected chi connectivity index (χ3v) is 7.03. The molecule has 0 aliphatic heterocycles. The summed E-state index contributed by atoms with van der Waals surface area (Å²) in [7, 11) is 1.53. The molecule has 0 aliphatic rings. The number of fused-ring (bicyclic) bond motifs is 1. The van der Waals surface area contributed by atoms with Crippen molar-refractivity contribution < 1.29 is 27.5 Å². The number of amides is 2. The van der Waals surface area contributed by atoms with E-state index < -0.39 is 28.6 Å². The highest BCUT2D eigenvalue weighted by Crippen LogP contribution is 2.38. The third-order valence-electron chi connectivity index (χ3n) is 5.04. The molecule has 186 valence electrons. The molecule has 36 heavy (non-hydrogen) atoms. The normalized spacial score (nSPS) is 11.3. The van der Waals surface area contributed by atoms with Gasteiger partial charge < -0.3 is 10.1 Å². The lowest BCUT2D eigenvalue weighted by molar-refractivity contribution is -0.137. The lowest BCUT2D eigenvalue weighted by atomic mass is 10.1. The number of rotatable bonds is 5. The Bertz CT molecular complexity index is 1460. The van der Waals surface area contributed by atoms with Crippen LogP contribution in [0.1, 0.15) is 25.6 Å². The highest BCUT2D eigenvalue weighted by Gasteiger charge is 2.33. The van der Waals surface area contributed by atoms with E-state index >= 15 is 0 Å². The van der Waals surface area contributed by atoms with Crippen LogP contribution in [0.15, 0.2) is 60.7 Å². The summed E-state index contributed by atoms with van der Waals surface area (Å²) >= 11 is 13.1. The van der Waals surface area contributed by atoms with E-state index in [1.54, 1.807) is 18.2 Å². The molecule has 1 aromatic heterocycles. The summed E-state index contributed by atoms with van der Waals surface area (Å²) < 4.78 is 45.1. The molecule has 0 saturated heterocycles. The van der Waals surface area contributed by atoms with Gasteiger partial charge in [0.25, 0.3) is 11.8 Å². The molecule has 0 fully saturated rings. The van der Waals surface area contributed by atoms with Crippen LogP contribution in [-0.4, -0.2) is 18.9 Å². The first-order valence-electron chi connectivity index (χ1n) is 10.2. The Balaban J connectivity index is 1.40. The SMILES string of the molecule is COc1ccc2c(Cl)c(C(=O)NNC(=O)c3ccc(Nc4ccc(Cl)c(C(F)(F)F)c4)cc3)sc2c1. The molecule has 1 heterocycles. The fraction of sp³-hybridized carbons (Fsp3) is 0.0833. The summed E-state index contributed by atoms with van der Waals surface area (Å²) in [4.78, 5) is 25.2. The van der Waals surface area contributed by atoms with Gasteiger partial charge in [-0.3, -0.25) is 20.4 Å². The van der Waals surface area contributed by atoms with Gasteiger partial charge >= 0.3 is 6.18 Å². The number of methoxy groups -OCH3 is 1. The van der Waals surface area contributed by atoms with E-state index in [2.05, 4.69) is 16.2 Å². The Labute approximate surface area is 216 Å². The van der Waals surface area contributed by atoms with Gasteiger partial charge in [0.15, 0.2) is 0 Å². The van der Waals surface area contributed by atoms with Crippen molar-refractivity contribution in [1.29, 1.82) is 0 Å². The standard InChI is InChI=1S/C24H16Cl2F3N3O3S/c1-35-15-7-8-16-19(11-15)36-21(20(16)26)23(34)32-31-22(33)12-2-4-13(5-3-12)30-14-6-9-18(25)17(10-14)24(27,28)29/h2-11,30H,1H3,(H,31,33)(H,32,34). The molecule has 3 N–H and O–H groups in total. The van der Waals surface area contributed by atoms with Gasteiger partial charge in [-0.1, -0.05) is 23.2 Å². The summed E-state index contributed by atoms with van der Waals surface area (Å²) in [6, 6.07) is 14.6. The van der Waals surface area contributed by atoms with Gasteiger partial charge in [0.2, 0.25) is 0 Å². The molecule has 0 aliphatic carbocycles. The van der Waals surface area contributed by atoms with Crippen LogP contribution in [0.3, 0.4) is 0 Å². The number of carbonyl (C=O) groups is 2. The molecule has 4 aromatic rings. The summed E-state index contributed by atoms with van der Waals surface area (Å²) in [5.74, 6) is -0.565. The van der Waals surface area contributed by atoms with Gasteiger partial charge in [0.1, 0.15) is 10.6 Å². The smallest absolute Gasteiger partial charge is 0.417 e. The zero-order chi connectivity index (χ0) is 26.0. The molecule has 6 nitrogen and oxygen atoms in total. The number of alkyl halides is 3. The van der Waals surface area contributed by atoms with E-state index in [0.29, 0.717) is 16.8 Å². The highest BCUT2D eigenvalue weighted by atomic mass is 35.5. The lowest BCUT2D eigenvalue weighted by Crippen LogP contribution is -2.41. The number of benzene rings is 3. The monoisotopic (exact) mass is 553 g/mol. The third kappa shape index (κ3) is 5.51. The van der Waals surface area contributed by atoms with Crippen LogP contribution in [-0.2, 0) is 6.18 Å². The minimum atomic E-state index is -4.59. The second kappa shape index (κ2) is 10.3. The van der Waals surface area contributed by atoms with Gasteiger partial charge in [-0.2, -0.15) is 13.2 Å². The second-order valence-corrected chi connectivity index (χ2v) is 9.25. The zero-order valence-electron chi connectivity index (χ0n) is 18.3. The fourth-order valence-electron chi connectivity index (χ4n) is 3.25. The van der Waals surface area contributed by atoms with E-state index in [-0.39, 0.29) is 21.2 Å². The molecular weight excluding hydrogens is 538 g/mol. The zero-order valence-corrected chi connectivity index (χ0v) is 20.6. The quantitative estimate of drug-likeness (QED) is 0.231. The Kier molecular flexibility index (Phi) is 7.30. The maximum absolute atomic E-state index is 13.1. The summed E-state index contributed by atoms with van der Waals surface area (Å²) in [5.41, 5.74) is 4.51. The van der Waals surface area contributed by atoms with Gasteiger partial charge in [-0.25, -0.2) is 0 Å². The van der Waals surface area contributed by atoms with E-state index in [1.165, 1.54) is 37.4 Å². The summed E-state index contributed by atoms with van der Waals surface area (Å²) in [6.45, 7) is 0. The van der Waals surface area contributed by atoms with E-state index in [9.17, 15) is 22.8 Å². The molecule has 0 atom stereocenters. The van der Waals surface area contributed by atoms with Crippen molar-refractivity contribution in [2.75, 3.05) is 12.4 Å². The molecule has 0 unspecified atom stereocenters. The van der Waals surface area contributed by atoms with Crippen molar-refractivity contribution in [2.45, 2.75) is 6.18 Å². The van der Waals surface area contributed by atoms with Crippen molar-refractivity contribution in [3.8, 4) is 5.75 Å². The number of nitrogens with one attached hydrogen (secondary N) is 3. The van der Waals surface area contributed by atoms with Gasteiger partial charge in [-0.15, -0.1) is 11.3 Å². The van der Waals surface area contributed by atoms with Crippen LogP contribution < -0.4 is 20.9 Å². The first-order chi connectivity index (χ1) is 17.1. The number of hydrogen-bond acceptors (Lipinski definition) is 5. The second-order valence-electron chi connectivity index (χ2n) is 7.41. The van der Waals surface area contributed by atoms with Crippen LogP contribution >= 0.6 is 34.5 Å². The molecule has 0 saturated carbocycles. The number of ether oxygens (including phenoxy) is 1. The van der Waals surface area contributed by atoms with Gasteiger partial charge in [0.05, 0.1) is 22.7 Å². The number of halogens is 5. The van der Waals surface area contributed by atoms with Crippen LogP contribution in [0, 0.1) is 0 Å². The van der Waals surface area contributed by atoms with Crippen LogP contribution in [0.25, 0.3) is 10.1 Å². The average molecular weight is 554 g/mol. The molecule has 3 aromatic carbocycles. The minimum absolute atomic E-state index is 0.175. The van der Waals surface area contributed by atoms with Crippen molar-refractivity contribution >= 4 is 67.8 Å². The summed E-state index contributed by atoms with van der Waals surface area (Å²) in [6.07, 6.45) is -4.59. The Morgan fingerprint density at radius 3 is 2.22 bits per heavy atom. The fourth-order valence-corrected chi connectivity index (χ4v) is 4.92. The van der Waals surface area contributed by atoms with Crippen molar-refractivity contribution in [2.24, 2.45) is 0 Å². The van der Waals surface area contributed by atoms with Gasteiger partial charge in [-0.05, 0) is 60.7 Å². The molecular formula is C24H16Cl2F3N3O3S. The number of thiophene rings is 1. The molecule has 4 rings (SSSR count). The van der Waals surface area contributed by atoms with Crippen molar-refractivity contribution in [3.63, 3.8) is 0 Å². The maximum Gasteiger partial charge on any atom is 0.417 e. The highest BCUT2D eigenvalue weighted by molar-refractivity contribution is 7.21. The largest absolute Gasteiger partial charge is 0.497 e. The Hall–Kier alpha value is -3.47. The van der Waals surface area contributed by atoms with Crippen LogP contribution in [0.2, 0.25) is 10.0 Å². The number of anilines is 2. The Morgan fingerprint density at radius 1 is 0.889 bits per heavy atom. The van der Waals surface area contributed by atoms with Crippen molar-refractivity contribution in [3.05, 3.63) is 86.7 Å². The minimum Gasteiger partial charge on any atom is -0.497 e. The Morgan fingerprint density at radius 2 is 1.56 bits per heavy atom. The topological polar surface area (TPSA) is 79.5 Å². The van der Waals surface area contributed by atoms with Crippen LogP contribution in [0.5, 0.6) is 5.75 Å². The van der Waals surface area contributed by atoms with Crippen LogP contribution in [0.4, 0.5) is 24.5 Å². The van der Waals surface area contributed by atoms with E-state index in [4.69, 9.17) is 27.9 Å². The number of hydrazine groups is 1. The predicted molar refractivity (Wildman–Crippen MR) is 134 cm³/mol. The predicted octanol–water partition coefficient (Wildman–Crippen LogP) is 7.05. The van der Waals surface area contributed by atoms with E-state index in [1.807, 2.05) is 0 Å². The first kappa shape index (κ1) is 25.6. The van der Waals surface area contributed by atoms with Gasteiger partial charge in [0, 0.05) is 27.0 Å². The van der Waals surface area contributed by atoms with Crippen molar-refractivity contribution in [1.82, 2.24) is 10.9 Å². The maximum atomic E-state index is 13.1. The summed E-state index contributed by atoms with van der Waals surface area (Å²) in [5, 5.41) is 3.37. The van der Waals surface area contributed by atoms with E-state index in [0.717, 1.165) is 28.2 Å². The first-order valence-corrected chi connectivity index (χ1v) is 11.7. The molecule has 12 heteroatoms. The molecule has 0 bridgehead atoms. The number of hydrogen-bond donors (Lipinski definition) is 3.